The number of urea groups is 1. The minimum absolute atomic E-state index is 0.0592. The lowest BCUT2D eigenvalue weighted by atomic mass is 9.99. The van der Waals surface area contributed by atoms with Crippen LogP contribution in [0, 0.1) is 11.8 Å². The van der Waals surface area contributed by atoms with Gasteiger partial charge in [-0.15, -0.1) is 0 Å². The van der Waals surface area contributed by atoms with Crippen LogP contribution in [-0.4, -0.2) is 41.1 Å². The van der Waals surface area contributed by atoms with Crippen molar-refractivity contribution in [3.8, 4) is 0 Å². The molecule has 0 aromatic heterocycles. The number of amides is 2. The van der Waals surface area contributed by atoms with Gasteiger partial charge in [0.2, 0.25) is 0 Å². The van der Waals surface area contributed by atoms with E-state index < -0.39 is 12.0 Å². The summed E-state index contributed by atoms with van der Waals surface area (Å²) in [6.07, 6.45) is 2.82. The maximum atomic E-state index is 12.0. The molecule has 1 fully saturated rings. The van der Waals surface area contributed by atoms with Crippen LogP contribution in [0.2, 0.25) is 0 Å². The first-order valence-corrected chi connectivity index (χ1v) is 6.77. The quantitative estimate of drug-likeness (QED) is 0.789. The third-order valence-corrected chi connectivity index (χ3v) is 3.91. The zero-order chi connectivity index (χ0) is 13.7. The lowest BCUT2D eigenvalue weighted by Crippen LogP contribution is -2.50. The average molecular weight is 256 g/mol. The molecule has 104 valence electrons. The van der Waals surface area contributed by atoms with Gasteiger partial charge in [-0.05, 0) is 18.3 Å². The Morgan fingerprint density at radius 1 is 1.44 bits per heavy atom. The van der Waals surface area contributed by atoms with Gasteiger partial charge in [0, 0.05) is 13.1 Å². The van der Waals surface area contributed by atoms with Crippen LogP contribution in [0.25, 0.3) is 0 Å². The van der Waals surface area contributed by atoms with Crippen molar-refractivity contribution >= 4 is 12.0 Å². The second-order valence-electron chi connectivity index (χ2n) is 5.16. The Labute approximate surface area is 109 Å². The molecule has 5 nitrogen and oxygen atoms in total. The third-order valence-electron chi connectivity index (χ3n) is 3.91. The smallest absolute Gasteiger partial charge is 0.326 e. The van der Waals surface area contributed by atoms with Gasteiger partial charge in [-0.25, -0.2) is 9.59 Å². The Bertz CT molecular complexity index is 307. The van der Waals surface area contributed by atoms with E-state index >= 15 is 0 Å². The number of aliphatic carboxylic acids is 1. The first kappa shape index (κ1) is 14.8. The van der Waals surface area contributed by atoms with E-state index in [2.05, 4.69) is 12.2 Å². The van der Waals surface area contributed by atoms with Gasteiger partial charge in [-0.3, -0.25) is 0 Å². The van der Waals surface area contributed by atoms with Crippen LogP contribution in [0.3, 0.4) is 0 Å². The number of rotatable bonds is 5. The summed E-state index contributed by atoms with van der Waals surface area (Å²) in [6.45, 7) is 7.37. The van der Waals surface area contributed by atoms with E-state index in [-0.39, 0.29) is 11.9 Å². The number of carbonyl (C=O) groups is 2. The molecule has 18 heavy (non-hydrogen) atoms. The molecular weight excluding hydrogens is 232 g/mol. The maximum Gasteiger partial charge on any atom is 0.326 e. The summed E-state index contributed by atoms with van der Waals surface area (Å²) in [5, 5.41) is 11.8. The van der Waals surface area contributed by atoms with Crippen LogP contribution >= 0.6 is 0 Å². The summed E-state index contributed by atoms with van der Waals surface area (Å²) in [6, 6.07) is -1.03. The minimum Gasteiger partial charge on any atom is -0.480 e. The predicted octanol–water partition coefficient (Wildman–Crippen LogP) is 1.93. The van der Waals surface area contributed by atoms with Crippen LogP contribution < -0.4 is 5.32 Å². The van der Waals surface area contributed by atoms with E-state index in [0.29, 0.717) is 5.92 Å². The van der Waals surface area contributed by atoms with E-state index in [1.165, 1.54) is 0 Å². The van der Waals surface area contributed by atoms with Crippen molar-refractivity contribution in [1.82, 2.24) is 10.2 Å². The number of carboxylic acid groups (broad SMARTS) is 1. The highest BCUT2D eigenvalue weighted by Gasteiger charge is 2.30. The maximum absolute atomic E-state index is 12.0. The van der Waals surface area contributed by atoms with Gasteiger partial charge in [-0.1, -0.05) is 33.6 Å². The van der Waals surface area contributed by atoms with Crippen molar-refractivity contribution < 1.29 is 14.7 Å². The highest BCUT2D eigenvalue weighted by atomic mass is 16.4. The molecule has 0 radical (unpaired) electrons. The van der Waals surface area contributed by atoms with Gasteiger partial charge in [0.05, 0.1) is 0 Å². The molecule has 0 saturated carbocycles. The van der Waals surface area contributed by atoms with E-state index in [0.717, 1.165) is 32.4 Å². The molecule has 1 heterocycles. The molecule has 1 aliphatic heterocycles. The van der Waals surface area contributed by atoms with Crippen LogP contribution in [0.1, 0.15) is 40.0 Å². The first-order valence-electron chi connectivity index (χ1n) is 6.77. The van der Waals surface area contributed by atoms with Gasteiger partial charge in [0.1, 0.15) is 6.04 Å². The lowest BCUT2D eigenvalue weighted by molar-refractivity contribution is -0.140. The number of carbonyl (C=O) groups excluding carboxylic acids is 1. The zero-order valence-corrected chi connectivity index (χ0v) is 11.5. The second-order valence-corrected chi connectivity index (χ2v) is 5.16. The number of carboxylic acids is 1. The normalized spacial score (nSPS) is 22.6. The van der Waals surface area contributed by atoms with E-state index in [4.69, 9.17) is 5.11 Å². The molecule has 0 aromatic rings. The number of nitrogens with one attached hydrogen (secondary N) is 1. The van der Waals surface area contributed by atoms with E-state index in [9.17, 15) is 9.59 Å². The fourth-order valence-corrected chi connectivity index (χ4v) is 2.26. The highest BCUT2D eigenvalue weighted by molar-refractivity contribution is 5.82. The Kier molecular flexibility index (Phi) is 5.44. The molecule has 0 bridgehead atoms. The fraction of sp³-hybridized carbons (Fsp3) is 0.846. The van der Waals surface area contributed by atoms with Gasteiger partial charge in [0.25, 0.3) is 0 Å². The SMILES string of the molecule is CCC1CCN(C(=O)NC(C(=O)O)C(C)CC)C1. The van der Waals surface area contributed by atoms with Gasteiger partial charge in [-0.2, -0.15) is 0 Å². The largest absolute Gasteiger partial charge is 0.480 e. The summed E-state index contributed by atoms with van der Waals surface area (Å²) in [5.74, 6) is -0.456. The summed E-state index contributed by atoms with van der Waals surface area (Å²) in [4.78, 5) is 24.9. The van der Waals surface area contributed by atoms with Crippen molar-refractivity contribution in [1.29, 1.82) is 0 Å². The third kappa shape index (κ3) is 3.62. The molecule has 1 rings (SSSR count). The minimum atomic E-state index is -0.955. The Balaban J connectivity index is 2.54. The standard InChI is InChI=1S/C13H24N2O3/c1-4-9(3)11(12(16)17)14-13(18)15-7-6-10(5-2)8-15/h9-11H,4-8H2,1-3H3,(H,14,18)(H,16,17). The fourth-order valence-electron chi connectivity index (χ4n) is 2.26. The van der Waals surface area contributed by atoms with Crippen LogP contribution in [-0.2, 0) is 4.79 Å². The van der Waals surface area contributed by atoms with Crippen LogP contribution in [0.5, 0.6) is 0 Å². The van der Waals surface area contributed by atoms with Crippen molar-refractivity contribution in [3.05, 3.63) is 0 Å². The molecule has 2 N–H and O–H groups in total. The van der Waals surface area contributed by atoms with Gasteiger partial charge < -0.3 is 15.3 Å². The molecule has 1 saturated heterocycles. The van der Waals surface area contributed by atoms with Crippen molar-refractivity contribution in [2.45, 2.75) is 46.1 Å². The average Bonchev–Trinajstić information content (AvgIpc) is 2.83. The lowest BCUT2D eigenvalue weighted by Gasteiger charge is -2.24. The van der Waals surface area contributed by atoms with Gasteiger partial charge >= 0.3 is 12.0 Å². The number of hydrogen-bond donors (Lipinski definition) is 2. The molecule has 3 atom stereocenters. The topological polar surface area (TPSA) is 69.6 Å². The van der Waals surface area contributed by atoms with Crippen LogP contribution in [0.15, 0.2) is 0 Å². The summed E-state index contributed by atoms with van der Waals surface area (Å²) >= 11 is 0. The summed E-state index contributed by atoms with van der Waals surface area (Å²) in [5.41, 5.74) is 0. The van der Waals surface area contributed by atoms with Crippen molar-refractivity contribution in [2.75, 3.05) is 13.1 Å². The Morgan fingerprint density at radius 3 is 2.56 bits per heavy atom. The molecular formula is C13H24N2O3. The molecule has 0 spiro atoms. The monoisotopic (exact) mass is 256 g/mol. The van der Waals surface area contributed by atoms with Crippen molar-refractivity contribution in [3.63, 3.8) is 0 Å². The zero-order valence-electron chi connectivity index (χ0n) is 11.5. The number of hydrogen-bond acceptors (Lipinski definition) is 2. The molecule has 0 aromatic carbocycles. The van der Waals surface area contributed by atoms with E-state index in [1.807, 2.05) is 13.8 Å². The first-order chi connectivity index (χ1) is 8.49. The Morgan fingerprint density at radius 2 is 2.11 bits per heavy atom. The molecule has 5 heteroatoms. The summed E-state index contributed by atoms with van der Waals surface area (Å²) in [7, 11) is 0. The van der Waals surface area contributed by atoms with Crippen molar-refractivity contribution in [2.24, 2.45) is 11.8 Å². The molecule has 0 aliphatic carbocycles. The predicted molar refractivity (Wildman–Crippen MR) is 69.4 cm³/mol. The second kappa shape index (κ2) is 6.61. The summed E-state index contributed by atoms with van der Waals surface area (Å²) < 4.78 is 0. The number of nitrogens with zero attached hydrogens (tertiary/aromatic N) is 1. The molecule has 3 unspecified atom stereocenters. The van der Waals surface area contributed by atoms with Gasteiger partial charge in [0.15, 0.2) is 0 Å². The Hall–Kier alpha value is -1.26. The molecule has 1 aliphatic rings. The van der Waals surface area contributed by atoms with Crippen LogP contribution in [0.4, 0.5) is 4.79 Å². The highest BCUT2D eigenvalue weighted by Crippen LogP contribution is 2.19. The number of likely N-dealkylation sites (tertiary alicyclic amines) is 1. The molecule has 2 amide bonds. The van der Waals surface area contributed by atoms with E-state index in [1.54, 1.807) is 4.90 Å².